The smallest absolute Gasteiger partial charge is 0.265 e. The fourth-order valence-electron chi connectivity index (χ4n) is 2.55. The largest absolute Gasteiger partial charge is 0.479 e. The summed E-state index contributed by atoms with van der Waals surface area (Å²) in [6, 6.07) is 3.12. The molecule has 2 aliphatic rings. The van der Waals surface area contributed by atoms with E-state index in [-0.39, 0.29) is 10.8 Å². The lowest BCUT2D eigenvalue weighted by molar-refractivity contribution is -0.122. The van der Waals surface area contributed by atoms with Crippen LogP contribution in [-0.2, 0) is 19.6 Å². The number of sulfonamides is 1. The number of carbonyl (C=O) groups excluding carboxylic acids is 1. The number of rotatable bonds is 2. The monoisotopic (exact) mass is 326 g/mol. The Morgan fingerprint density at radius 1 is 1.27 bits per heavy atom. The second-order valence-electron chi connectivity index (χ2n) is 5.38. The average Bonchev–Trinajstić information content (AvgIpc) is 2.49. The van der Waals surface area contributed by atoms with Crippen molar-refractivity contribution >= 4 is 21.6 Å². The number of ether oxygens (including phenoxy) is 2. The predicted molar refractivity (Wildman–Crippen MR) is 79.5 cm³/mol. The van der Waals surface area contributed by atoms with Crippen LogP contribution in [0.4, 0.5) is 5.69 Å². The third kappa shape index (κ3) is 2.57. The molecule has 1 amide bonds. The maximum atomic E-state index is 12.8. The van der Waals surface area contributed by atoms with E-state index in [0.29, 0.717) is 43.3 Å². The molecule has 0 saturated carbocycles. The third-order valence-electron chi connectivity index (χ3n) is 3.80. The van der Waals surface area contributed by atoms with Gasteiger partial charge in [0.2, 0.25) is 10.0 Å². The molecule has 2 heterocycles. The van der Waals surface area contributed by atoms with E-state index in [1.54, 1.807) is 19.9 Å². The highest BCUT2D eigenvalue weighted by molar-refractivity contribution is 7.89. The molecule has 0 aromatic heterocycles. The summed E-state index contributed by atoms with van der Waals surface area (Å²) in [4.78, 5) is 11.8. The van der Waals surface area contributed by atoms with Crippen molar-refractivity contribution in [2.45, 2.75) is 24.8 Å². The zero-order valence-corrected chi connectivity index (χ0v) is 13.3. The van der Waals surface area contributed by atoms with Crippen LogP contribution in [0.3, 0.4) is 0 Å². The molecule has 120 valence electrons. The predicted octanol–water partition coefficient (Wildman–Crippen LogP) is 0.735. The number of hydrogen-bond acceptors (Lipinski definition) is 5. The van der Waals surface area contributed by atoms with Crippen LogP contribution >= 0.6 is 0 Å². The highest BCUT2D eigenvalue weighted by atomic mass is 32.2. The summed E-state index contributed by atoms with van der Waals surface area (Å²) < 4.78 is 37.6. The first-order chi connectivity index (χ1) is 10.4. The molecule has 1 unspecified atom stereocenters. The quantitative estimate of drug-likeness (QED) is 0.866. The van der Waals surface area contributed by atoms with Crippen LogP contribution in [0, 0.1) is 6.92 Å². The molecule has 1 aromatic rings. The van der Waals surface area contributed by atoms with E-state index in [9.17, 15) is 13.2 Å². The van der Waals surface area contributed by atoms with Gasteiger partial charge in [0.15, 0.2) is 6.10 Å². The molecule has 1 fully saturated rings. The molecular formula is C14H18N2O5S. The number of amides is 1. The van der Waals surface area contributed by atoms with E-state index < -0.39 is 16.1 Å². The van der Waals surface area contributed by atoms with Gasteiger partial charge in [-0.1, -0.05) is 0 Å². The Bertz CT molecular complexity index is 710. The van der Waals surface area contributed by atoms with E-state index >= 15 is 0 Å². The molecule has 0 aliphatic carbocycles. The first kappa shape index (κ1) is 15.3. The van der Waals surface area contributed by atoms with Crippen molar-refractivity contribution in [2.24, 2.45) is 0 Å². The van der Waals surface area contributed by atoms with E-state index in [0.717, 1.165) is 0 Å². The van der Waals surface area contributed by atoms with Crippen LogP contribution in [0.25, 0.3) is 0 Å². The van der Waals surface area contributed by atoms with E-state index in [4.69, 9.17) is 9.47 Å². The van der Waals surface area contributed by atoms with Crippen molar-refractivity contribution < 1.29 is 22.7 Å². The summed E-state index contributed by atoms with van der Waals surface area (Å²) in [5.74, 6) is 0.139. The summed E-state index contributed by atoms with van der Waals surface area (Å²) in [6.07, 6.45) is -0.644. The summed E-state index contributed by atoms with van der Waals surface area (Å²) in [7, 11) is -3.60. The first-order valence-corrected chi connectivity index (χ1v) is 8.53. The standard InChI is InChI=1S/C14H18N2O5S/c1-9-7-11-12(21-10(2)14(17)15-11)8-13(9)22(18,19)16-3-5-20-6-4-16/h7-8,10H,3-6H2,1-2H3,(H,15,17). The highest BCUT2D eigenvalue weighted by Crippen LogP contribution is 2.35. The molecular weight excluding hydrogens is 308 g/mol. The van der Waals surface area contributed by atoms with Crippen molar-refractivity contribution in [2.75, 3.05) is 31.6 Å². The molecule has 7 nitrogen and oxygen atoms in total. The number of nitrogens with one attached hydrogen (secondary N) is 1. The summed E-state index contributed by atoms with van der Waals surface area (Å²) in [5.41, 5.74) is 1.07. The van der Waals surface area contributed by atoms with Gasteiger partial charge in [0.25, 0.3) is 5.91 Å². The maximum Gasteiger partial charge on any atom is 0.265 e. The average molecular weight is 326 g/mol. The molecule has 0 radical (unpaired) electrons. The lowest BCUT2D eigenvalue weighted by Crippen LogP contribution is -2.41. The Hall–Kier alpha value is -1.64. The Morgan fingerprint density at radius 3 is 2.64 bits per heavy atom. The SMILES string of the molecule is Cc1cc2c(cc1S(=O)(=O)N1CCOCC1)OC(C)C(=O)N2. The van der Waals surface area contributed by atoms with Crippen molar-refractivity contribution in [3.8, 4) is 5.75 Å². The molecule has 0 bridgehead atoms. The van der Waals surface area contributed by atoms with Gasteiger partial charge in [-0.05, 0) is 25.5 Å². The van der Waals surface area contributed by atoms with Crippen molar-refractivity contribution in [1.82, 2.24) is 4.31 Å². The molecule has 1 N–H and O–H groups in total. The van der Waals surface area contributed by atoms with Crippen molar-refractivity contribution in [3.05, 3.63) is 17.7 Å². The minimum Gasteiger partial charge on any atom is -0.479 e. The van der Waals surface area contributed by atoms with E-state index in [1.807, 2.05) is 0 Å². The lowest BCUT2D eigenvalue weighted by Gasteiger charge is -2.28. The summed E-state index contributed by atoms with van der Waals surface area (Å²) >= 11 is 0. The van der Waals surface area contributed by atoms with Crippen LogP contribution in [0.5, 0.6) is 5.75 Å². The molecule has 2 aliphatic heterocycles. The number of anilines is 1. The zero-order valence-electron chi connectivity index (χ0n) is 12.5. The van der Waals surface area contributed by atoms with Crippen LogP contribution < -0.4 is 10.1 Å². The van der Waals surface area contributed by atoms with Crippen LogP contribution in [0.15, 0.2) is 17.0 Å². The van der Waals surface area contributed by atoms with Crippen LogP contribution in [0.2, 0.25) is 0 Å². The van der Waals surface area contributed by atoms with Crippen molar-refractivity contribution in [1.29, 1.82) is 0 Å². The molecule has 1 aromatic carbocycles. The van der Waals surface area contributed by atoms with Gasteiger partial charge in [0.05, 0.1) is 23.8 Å². The Labute approximate surface area is 129 Å². The molecule has 22 heavy (non-hydrogen) atoms. The van der Waals surface area contributed by atoms with E-state index in [2.05, 4.69) is 5.32 Å². The number of carbonyl (C=O) groups is 1. The van der Waals surface area contributed by atoms with Gasteiger partial charge in [0, 0.05) is 19.2 Å². The van der Waals surface area contributed by atoms with Gasteiger partial charge in [0.1, 0.15) is 5.75 Å². The third-order valence-corrected chi connectivity index (χ3v) is 5.84. The van der Waals surface area contributed by atoms with Gasteiger partial charge < -0.3 is 14.8 Å². The first-order valence-electron chi connectivity index (χ1n) is 7.09. The lowest BCUT2D eigenvalue weighted by atomic mass is 10.1. The highest BCUT2D eigenvalue weighted by Gasteiger charge is 2.31. The molecule has 1 saturated heterocycles. The number of fused-ring (bicyclic) bond motifs is 1. The number of benzene rings is 1. The van der Waals surface area contributed by atoms with Gasteiger partial charge in [-0.2, -0.15) is 4.31 Å². The fraction of sp³-hybridized carbons (Fsp3) is 0.500. The molecule has 0 spiro atoms. The number of morpholine rings is 1. The summed E-state index contributed by atoms with van der Waals surface area (Å²) in [5, 5.41) is 2.72. The number of nitrogens with zero attached hydrogens (tertiary/aromatic N) is 1. The molecule has 8 heteroatoms. The number of aryl methyl sites for hydroxylation is 1. The molecule has 3 rings (SSSR count). The topological polar surface area (TPSA) is 84.9 Å². The minimum atomic E-state index is -3.60. The second-order valence-corrected chi connectivity index (χ2v) is 7.29. The van der Waals surface area contributed by atoms with Gasteiger partial charge in [-0.3, -0.25) is 4.79 Å². The van der Waals surface area contributed by atoms with Gasteiger partial charge >= 0.3 is 0 Å². The Balaban J connectivity index is 2.01. The minimum absolute atomic E-state index is 0.205. The second kappa shape index (κ2) is 5.53. The van der Waals surface area contributed by atoms with Crippen LogP contribution in [0.1, 0.15) is 12.5 Å². The Morgan fingerprint density at radius 2 is 1.95 bits per heavy atom. The van der Waals surface area contributed by atoms with Crippen molar-refractivity contribution in [3.63, 3.8) is 0 Å². The zero-order chi connectivity index (χ0) is 15.9. The van der Waals surface area contributed by atoms with E-state index in [1.165, 1.54) is 10.4 Å². The molecule has 1 atom stereocenters. The summed E-state index contributed by atoms with van der Waals surface area (Å²) in [6.45, 7) is 4.80. The maximum absolute atomic E-state index is 12.8. The fourth-order valence-corrected chi connectivity index (χ4v) is 4.18. The van der Waals surface area contributed by atoms with Gasteiger partial charge in [-0.25, -0.2) is 8.42 Å². The Kier molecular flexibility index (Phi) is 3.84. The van der Waals surface area contributed by atoms with Gasteiger partial charge in [-0.15, -0.1) is 0 Å². The van der Waals surface area contributed by atoms with Crippen LogP contribution in [-0.4, -0.2) is 51.0 Å². The number of hydrogen-bond donors (Lipinski definition) is 1. The normalized spacial score (nSPS) is 22.6.